The minimum atomic E-state index is -1.21. The van der Waals surface area contributed by atoms with E-state index in [1.807, 2.05) is 0 Å². The molecule has 9 heteroatoms. The normalized spacial score (nSPS) is 13.4. The van der Waals surface area contributed by atoms with Crippen LogP contribution in [0.4, 0.5) is 0 Å². The summed E-state index contributed by atoms with van der Waals surface area (Å²) in [5.74, 6) is -2.99. The maximum Gasteiger partial charge on any atom is 0.240 e. The van der Waals surface area contributed by atoms with Gasteiger partial charge in [0.2, 0.25) is 23.6 Å². The third kappa shape index (κ3) is 6.43. The highest BCUT2D eigenvalue weighted by atomic mass is 16.2. The molecule has 102 valence electrons. The van der Waals surface area contributed by atoms with E-state index in [9.17, 15) is 19.2 Å². The first-order chi connectivity index (χ1) is 8.23. The first kappa shape index (κ1) is 15.8. The van der Waals surface area contributed by atoms with Crippen molar-refractivity contribution in [3.63, 3.8) is 0 Å². The van der Waals surface area contributed by atoms with Gasteiger partial charge in [-0.05, 0) is 6.42 Å². The van der Waals surface area contributed by atoms with Crippen molar-refractivity contribution < 1.29 is 19.2 Å². The largest absolute Gasteiger partial charge is 0.370 e. The van der Waals surface area contributed by atoms with Crippen LogP contribution < -0.4 is 28.3 Å². The number of rotatable bonds is 8. The second-order valence-electron chi connectivity index (χ2n) is 3.75. The van der Waals surface area contributed by atoms with Gasteiger partial charge in [-0.1, -0.05) is 0 Å². The second-order valence-corrected chi connectivity index (χ2v) is 3.75. The van der Waals surface area contributed by atoms with Crippen molar-refractivity contribution in [2.24, 2.45) is 22.9 Å². The fourth-order valence-electron chi connectivity index (χ4n) is 1.13. The Morgan fingerprint density at radius 2 is 1.56 bits per heavy atom. The molecule has 0 saturated heterocycles. The van der Waals surface area contributed by atoms with Crippen molar-refractivity contribution in [2.45, 2.75) is 31.3 Å². The minimum absolute atomic E-state index is 0.0310. The van der Waals surface area contributed by atoms with Crippen LogP contribution in [-0.4, -0.2) is 35.7 Å². The van der Waals surface area contributed by atoms with Gasteiger partial charge in [0, 0.05) is 6.42 Å². The molecule has 0 aromatic rings. The van der Waals surface area contributed by atoms with E-state index in [1.165, 1.54) is 0 Å². The Hall–Kier alpha value is -2.16. The molecule has 0 saturated carbocycles. The topological polar surface area (TPSA) is 184 Å². The number of nitrogens with one attached hydrogen (secondary N) is 1. The van der Waals surface area contributed by atoms with Crippen LogP contribution in [0.2, 0.25) is 0 Å². The lowest BCUT2D eigenvalue weighted by Gasteiger charge is -2.17. The third-order valence-electron chi connectivity index (χ3n) is 2.10. The lowest BCUT2D eigenvalue weighted by molar-refractivity contribution is -0.130. The Kier molecular flexibility index (Phi) is 6.35. The van der Waals surface area contributed by atoms with Crippen LogP contribution in [0.25, 0.3) is 0 Å². The maximum atomic E-state index is 11.5. The summed E-state index contributed by atoms with van der Waals surface area (Å²) in [4.78, 5) is 43.6. The quantitative estimate of drug-likeness (QED) is 0.301. The van der Waals surface area contributed by atoms with E-state index in [1.54, 1.807) is 0 Å². The highest BCUT2D eigenvalue weighted by molar-refractivity contribution is 5.92. The second kappa shape index (κ2) is 7.22. The highest BCUT2D eigenvalue weighted by Crippen LogP contribution is 1.97. The average Bonchev–Trinajstić information content (AvgIpc) is 2.23. The van der Waals surface area contributed by atoms with Crippen LogP contribution in [-0.2, 0) is 19.2 Å². The molecule has 0 aromatic heterocycles. The van der Waals surface area contributed by atoms with E-state index in [4.69, 9.17) is 22.9 Å². The first-order valence-electron chi connectivity index (χ1n) is 5.16. The summed E-state index contributed by atoms with van der Waals surface area (Å²) >= 11 is 0. The summed E-state index contributed by atoms with van der Waals surface area (Å²) in [6, 6.07) is -2.23. The molecule has 0 aromatic carbocycles. The Morgan fingerprint density at radius 3 is 1.94 bits per heavy atom. The van der Waals surface area contributed by atoms with Gasteiger partial charge in [0.1, 0.15) is 6.04 Å². The molecule has 18 heavy (non-hydrogen) atoms. The van der Waals surface area contributed by atoms with Crippen LogP contribution in [0.15, 0.2) is 0 Å². The smallest absolute Gasteiger partial charge is 0.240 e. The van der Waals surface area contributed by atoms with Gasteiger partial charge in [-0.3, -0.25) is 19.2 Å². The van der Waals surface area contributed by atoms with Gasteiger partial charge in [-0.15, -0.1) is 0 Å². The summed E-state index contributed by atoms with van der Waals surface area (Å²) < 4.78 is 0. The summed E-state index contributed by atoms with van der Waals surface area (Å²) in [5, 5.41) is 2.18. The molecule has 0 aliphatic heterocycles. The van der Waals surface area contributed by atoms with Gasteiger partial charge in [-0.2, -0.15) is 0 Å². The molecule has 0 heterocycles. The molecule has 0 spiro atoms. The predicted molar refractivity (Wildman–Crippen MR) is 61.3 cm³/mol. The van der Waals surface area contributed by atoms with Gasteiger partial charge in [0.05, 0.1) is 12.5 Å². The van der Waals surface area contributed by atoms with Crippen LogP contribution in [0, 0.1) is 0 Å². The predicted octanol–water partition coefficient (Wildman–Crippen LogP) is -3.58. The molecule has 0 aliphatic carbocycles. The Morgan fingerprint density at radius 1 is 1.00 bits per heavy atom. The third-order valence-corrected chi connectivity index (χ3v) is 2.10. The van der Waals surface area contributed by atoms with E-state index in [0.717, 1.165) is 0 Å². The zero-order chi connectivity index (χ0) is 14.3. The number of hydrogen-bond donors (Lipinski definition) is 5. The fourth-order valence-corrected chi connectivity index (χ4v) is 1.13. The zero-order valence-electron chi connectivity index (χ0n) is 9.72. The van der Waals surface area contributed by atoms with Crippen molar-refractivity contribution in [1.29, 1.82) is 0 Å². The van der Waals surface area contributed by atoms with E-state index >= 15 is 0 Å². The van der Waals surface area contributed by atoms with Gasteiger partial charge < -0.3 is 28.3 Å². The fraction of sp³-hybridized carbons (Fsp3) is 0.556. The maximum absolute atomic E-state index is 11.5. The van der Waals surface area contributed by atoms with Gasteiger partial charge in [0.25, 0.3) is 0 Å². The van der Waals surface area contributed by atoms with Crippen LogP contribution in [0.5, 0.6) is 0 Å². The summed E-state index contributed by atoms with van der Waals surface area (Å²) in [7, 11) is 0. The van der Waals surface area contributed by atoms with Crippen molar-refractivity contribution in [3.8, 4) is 0 Å². The molecule has 0 rings (SSSR count). The Balaban J connectivity index is 4.36. The van der Waals surface area contributed by atoms with E-state index in [0.29, 0.717) is 0 Å². The molecule has 4 amide bonds. The highest BCUT2D eigenvalue weighted by Gasteiger charge is 2.23. The molecule has 9 nitrogen and oxygen atoms in total. The molecule has 0 aliphatic rings. The van der Waals surface area contributed by atoms with Gasteiger partial charge in [0.15, 0.2) is 0 Å². The summed E-state index contributed by atoms with van der Waals surface area (Å²) in [5.41, 5.74) is 20.2. The SMILES string of the molecule is NC(=O)CC[C@H](N)C(=O)N[C@@H](CC(N)=O)C(N)=O. The standard InChI is InChI=1S/C9H17N5O4/c10-4(1-2-6(11)15)9(18)14-5(8(13)17)3-7(12)16/h4-5H,1-3,10H2,(H2,11,15)(H2,12,16)(H2,13,17)(H,14,18)/t4-,5-/m0/s1. The van der Waals surface area contributed by atoms with E-state index in [-0.39, 0.29) is 12.8 Å². The number of amides is 4. The number of hydrogen-bond acceptors (Lipinski definition) is 5. The Labute approximate surface area is 103 Å². The molecular weight excluding hydrogens is 242 g/mol. The van der Waals surface area contributed by atoms with Crippen LogP contribution in [0.3, 0.4) is 0 Å². The number of carbonyl (C=O) groups excluding carboxylic acids is 4. The Bertz CT molecular complexity index is 357. The molecular formula is C9H17N5O4. The molecule has 9 N–H and O–H groups in total. The molecule has 0 unspecified atom stereocenters. The van der Waals surface area contributed by atoms with Crippen molar-refractivity contribution >= 4 is 23.6 Å². The van der Waals surface area contributed by atoms with Crippen molar-refractivity contribution in [2.75, 3.05) is 0 Å². The van der Waals surface area contributed by atoms with Gasteiger partial charge >= 0.3 is 0 Å². The average molecular weight is 259 g/mol. The van der Waals surface area contributed by atoms with Crippen LogP contribution >= 0.6 is 0 Å². The van der Waals surface area contributed by atoms with E-state index in [2.05, 4.69) is 5.32 Å². The van der Waals surface area contributed by atoms with Crippen molar-refractivity contribution in [1.82, 2.24) is 5.32 Å². The molecule has 0 fully saturated rings. The van der Waals surface area contributed by atoms with Crippen molar-refractivity contribution in [3.05, 3.63) is 0 Å². The zero-order valence-corrected chi connectivity index (χ0v) is 9.72. The lowest BCUT2D eigenvalue weighted by atomic mass is 10.1. The minimum Gasteiger partial charge on any atom is -0.370 e. The molecule has 0 bridgehead atoms. The lowest BCUT2D eigenvalue weighted by Crippen LogP contribution is -2.51. The van der Waals surface area contributed by atoms with E-state index < -0.39 is 42.1 Å². The monoisotopic (exact) mass is 259 g/mol. The number of nitrogens with two attached hydrogens (primary N) is 4. The first-order valence-corrected chi connectivity index (χ1v) is 5.16. The number of carbonyl (C=O) groups is 4. The van der Waals surface area contributed by atoms with Gasteiger partial charge in [-0.25, -0.2) is 0 Å². The van der Waals surface area contributed by atoms with Crippen LogP contribution in [0.1, 0.15) is 19.3 Å². The number of primary amides is 3. The molecule has 0 radical (unpaired) electrons. The summed E-state index contributed by atoms with van der Waals surface area (Å²) in [6.45, 7) is 0. The molecule has 2 atom stereocenters. The summed E-state index contributed by atoms with van der Waals surface area (Å²) in [6.07, 6.45) is -0.446.